The molecule has 1 heterocycles. The average Bonchev–Trinajstić information content (AvgIpc) is 2.96. The maximum absolute atomic E-state index is 8.95. The van der Waals surface area contributed by atoms with Crippen LogP contribution in [0, 0.1) is 11.3 Å². The van der Waals surface area contributed by atoms with Crippen molar-refractivity contribution >= 4 is 0 Å². The lowest BCUT2D eigenvalue weighted by Crippen LogP contribution is -2.42. The van der Waals surface area contributed by atoms with Gasteiger partial charge in [-0.2, -0.15) is 5.26 Å². The molecule has 1 N–H and O–H groups in total. The lowest BCUT2D eigenvalue weighted by atomic mass is 10.0. The fraction of sp³-hybridized carbons (Fsp3) is 0.533. The molecule has 1 unspecified atom stereocenters. The monoisotopic (exact) mass is 276 g/mol. The molecule has 0 spiro atoms. The Morgan fingerprint density at radius 3 is 2.90 bits per heavy atom. The van der Waals surface area contributed by atoms with Crippen LogP contribution in [-0.4, -0.2) is 39.6 Å². The predicted molar refractivity (Wildman–Crippen MR) is 74.6 cm³/mol. The summed E-state index contributed by atoms with van der Waals surface area (Å²) in [5, 5.41) is 12.3. The van der Waals surface area contributed by atoms with Crippen LogP contribution in [0.2, 0.25) is 0 Å². The van der Waals surface area contributed by atoms with Gasteiger partial charge in [0.05, 0.1) is 25.3 Å². The Labute approximate surface area is 119 Å². The number of methoxy groups -OCH3 is 2. The van der Waals surface area contributed by atoms with E-state index in [1.807, 2.05) is 12.1 Å². The van der Waals surface area contributed by atoms with Gasteiger partial charge in [-0.3, -0.25) is 0 Å². The van der Waals surface area contributed by atoms with Crippen molar-refractivity contribution in [3.05, 3.63) is 29.3 Å². The molecule has 1 aromatic carbocycles. The highest BCUT2D eigenvalue weighted by Gasteiger charge is 2.34. The first-order valence-electron chi connectivity index (χ1n) is 6.64. The van der Waals surface area contributed by atoms with Crippen molar-refractivity contribution in [2.75, 3.05) is 34.0 Å². The molecule has 20 heavy (non-hydrogen) atoms. The van der Waals surface area contributed by atoms with E-state index in [9.17, 15) is 0 Å². The third kappa shape index (κ3) is 3.28. The minimum absolute atomic E-state index is 0.236. The molecule has 1 saturated heterocycles. The van der Waals surface area contributed by atoms with E-state index in [0.29, 0.717) is 25.3 Å². The van der Waals surface area contributed by atoms with Crippen LogP contribution in [0.3, 0.4) is 0 Å². The molecule has 5 heteroatoms. The average molecular weight is 276 g/mol. The van der Waals surface area contributed by atoms with E-state index in [0.717, 1.165) is 24.3 Å². The molecule has 0 aliphatic carbocycles. The Morgan fingerprint density at radius 1 is 1.45 bits per heavy atom. The summed E-state index contributed by atoms with van der Waals surface area (Å²) in [5.74, 6) is 0.783. The van der Waals surface area contributed by atoms with Gasteiger partial charge in [0.1, 0.15) is 11.4 Å². The molecule has 1 aliphatic rings. The molecule has 0 aromatic heterocycles. The Bertz CT molecular complexity index is 490. The quantitative estimate of drug-likeness (QED) is 0.852. The highest BCUT2D eigenvalue weighted by molar-refractivity contribution is 5.41. The van der Waals surface area contributed by atoms with Crippen LogP contribution >= 0.6 is 0 Å². The number of hydrogen-bond acceptors (Lipinski definition) is 5. The summed E-state index contributed by atoms with van der Waals surface area (Å²) in [4.78, 5) is 0. The van der Waals surface area contributed by atoms with Gasteiger partial charge in [0, 0.05) is 38.8 Å². The fourth-order valence-electron chi connectivity index (χ4n) is 2.37. The predicted octanol–water partition coefficient (Wildman–Crippen LogP) is 1.46. The largest absolute Gasteiger partial charge is 0.496 e. The van der Waals surface area contributed by atoms with Crippen molar-refractivity contribution in [1.29, 1.82) is 5.26 Å². The molecule has 2 rings (SSSR count). The van der Waals surface area contributed by atoms with E-state index in [1.165, 1.54) is 0 Å². The molecule has 1 atom stereocenters. The smallest absolute Gasteiger partial charge is 0.123 e. The third-order valence-corrected chi connectivity index (χ3v) is 3.67. The Kier molecular flexibility index (Phi) is 4.96. The van der Waals surface area contributed by atoms with Crippen molar-refractivity contribution < 1.29 is 14.2 Å². The molecule has 0 saturated carbocycles. The molecule has 1 aliphatic heterocycles. The van der Waals surface area contributed by atoms with Gasteiger partial charge in [-0.25, -0.2) is 0 Å². The molecule has 1 fully saturated rings. The van der Waals surface area contributed by atoms with E-state index in [2.05, 4.69) is 11.4 Å². The van der Waals surface area contributed by atoms with Crippen molar-refractivity contribution in [1.82, 2.24) is 5.32 Å². The first kappa shape index (κ1) is 14.8. The van der Waals surface area contributed by atoms with Gasteiger partial charge < -0.3 is 19.5 Å². The highest BCUT2D eigenvalue weighted by Crippen LogP contribution is 2.23. The van der Waals surface area contributed by atoms with Crippen molar-refractivity contribution in [3.8, 4) is 11.8 Å². The zero-order valence-electron chi connectivity index (χ0n) is 11.9. The Balaban J connectivity index is 1.98. The number of rotatable bonds is 6. The van der Waals surface area contributed by atoms with Gasteiger partial charge >= 0.3 is 0 Å². The fourth-order valence-corrected chi connectivity index (χ4v) is 2.37. The van der Waals surface area contributed by atoms with E-state index < -0.39 is 0 Å². The second-order valence-electron chi connectivity index (χ2n) is 4.93. The van der Waals surface area contributed by atoms with Crippen LogP contribution in [0.1, 0.15) is 17.5 Å². The molecule has 0 bridgehead atoms. The van der Waals surface area contributed by atoms with Crippen molar-refractivity contribution in [2.24, 2.45) is 0 Å². The van der Waals surface area contributed by atoms with E-state index in [4.69, 9.17) is 19.5 Å². The number of ether oxygens (including phenoxy) is 3. The number of nitriles is 1. The van der Waals surface area contributed by atoms with Gasteiger partial charge in [0.2, 0.25) is 0 Å². The van der Waals surface area contributed by atoms with Gasteiger partial charge in [0.25, 0.3) is 0 Å². The highest BCUT2D eigenvalue weighted by atomic mass is 16.5. The minimum Gasteiger partial charge on any atom is -0.496 e. The minimum atomic E-state index is -0.236. The maximum Gasteiger partial charge on any atom is 0.123 e. The van der Waals surface area contributed by atoms with Crippen LogP contribution in [-0.2, 0) is 16.0 Å². The SMILES string of the molecule is COc1ccc(C#N)cc1CNCC1(OC)CCOC1. The molecule has 0 radical (unpaired) electrons. The molecule has 108 valence electrons. The lowest BCUT2D eigenvalue weighted by Gasteiger charge is -2.26. The Hall–Kier alpha value is -1.61. The zero-order chi connectivity index (χ0) is 14.4. The van der Waals surface area contributed by atoms with Gasteiger partial charge in [0.15, 0.2) is 0 Å². The van der Waals surface area contributed by atoms with Crippen LogP contribution in [0.15, 0.2) is 18.2 Å². The molecule has 5 nitrogen and oxygen atoms in total. The normalized spacial score (nSPS) is 21.6. The number of nitrogens with zero attached hydrogens (tertiary/aromatic N) is 1. The number of hydrogen-bond donors (Lipinski definition) is 1. The van der Waals surface area contributed by atoms with Gasteiger partial charge in [-0.15, -0.1) is 0 Å². The lowest BCUT2D eigenvalue weighted by molar-refractivity contribution is -0.0159. The summed E-state index contributed by atoms with van der Waals surface area (Å²) in [6.45, 7) is 2.70. The molecular formula is C15H20N2O3. The Morgan fingerprint density at radius 2 is 2.30 bits per heavy atom. The van der Waals surface area contributed by atoms with Crippen LogP contribution in [0.4, 0.5) is 0 Å². The number of benzene rings is 1. The molecule has 1 aromatic rings. The third-order valence-electron chi connectivity index (χ3n) is 3.67. The second kappa shape index (κ2) is 6.71. The zero-order valence-corrected chi connectivity index (χ0v) is 11.9. The summed E-state index contributed by atoms with van der Waals surface area (Å²) in [7, 11) is 3.35. The summed E-state index contributed by atoms with van der Waals surface area (Å²) in [6, 6.07) is 7.56. The van der Waals surface area contributed by atoms with Crippen molar-refractivity contribution in [3.63, 3.8) is 0 Å². The first-order chi connectivity index (χ1) is 9.73. The summed E-state index contributed by atoms with van der Waals surface area (Å²) < 4.78 is 16.3. The molecular weight excluding hydrogens is 256 g/mol. The maximum atomic E-state index is 8.95. The van der Waals surface area contributed by atoms with E-state index in [1.54, 1.807) is 20.3 Å². The standard InChI is InChI=1S/C15H20N2O3/c1-18-14-4-3-12(8-16)7-13(14)9-17-10-15(19-2)5-6-20-11-15/h3-4,7,17H,5-6,9-11H2,1-2H3. The van der Waals surface area contributed by atoms with Gasteiger partial charge in [-0.1, -0.05) is 0 Å². The van der Waals surface area contributed by atoms with Crippen molar-refractivity contribution in [2.45, 2.75) is 18.6 Å². The summed E-state index contributed by atoms with van der Waals surface area (Å²) >= 11 is 0. The second-order valence-corrected chi connectivity index (χ2v) is 4.93. The van der Waals surface area contributed by atoms with E-state index in [-0.39, 0.29) is 5.60 Å². The van der Waals surface area contributed by atoms with Crippen LogP contribution < -0.4 is 10.1 Å². The van der Waals surface area contributed by atoms with Gasteiger partial charge in [-0.05, 0) is 18.2 Å². The summed E-state index contributed by atoms with van der Waals surface area (Å²) in [6.07, 6.45) is 0.895. The molecule has 0 amide bonds. The summed E-state index contributed by atoms with van der Waals surface area (Å²) in [5.41, 5.74) is 1.37. The topological polar surface area (TPSA) is 63.5 Å². The number of nitrogens with one attached hydrogen (secondary N) is 1. The van der Waals surface area contributed by atoms with E-state index >= 15 is 0 Å². The van der Waals surface area contributed by atoms with Crippen LogP contribution in [0.5, 0.6) is 5.75 Å². The first-order valence-corrected chi connectivity index (χ1v) is 6.64. The van der Waals surface area contributed by atoms with Crippen LogP contribution in [0.25, 0.3) is 0 Å².